The summed E-state index contributed by atoms with van der Waals surface area (Å²) in [6.07, 6.45) is 0. The predicted octanol–water partition coefficient (Wildman–Crippen LogP) is 1.61. The Kier molecular flexibility index (Phi) is 3.24. The van der Waals surface area contributed by atoms with Crippen LogP contribution in [0, 0.1) is 5.41 Å². The fourth-order valence-corrected chi connectivity index (χ4v) is 1.21. The molecule has 1 aromatic rings. The molecule has 0 aliphatic carbocycles. The van der Waals surface area contributed by atoms with Crippen molar-refractivity contribution in [3.63, 3.8) is 0 Å². The van der Waals surface area contributed by atoms with Crippen molar-refractivity contribution in [2.24, 2.45) is 0 Å². The highest BCUT2D eigenvalue weighted by molar-refractivity contribution is 9.10. The van der Waals surface area contributed by atoms with Crippen LogP contribution in [0.2, 0.25) is 0 Å². The van der Waals surface area contributed by atoms with Crippen LogP contribution in [0.1, 0.15) is 5.56 Å². The minimum absolute atomic E-state index is 0.0943. The first-order chi connectivity index (χ1) is 6.54. The molecular formula is C9H8BrNO3. The van der Waals surface area contributed by atoms with E-state index in [1.807, 2.05) is 0 Å². The van der Waals surface area contributed by atoms with Crippen molar-refractivity contribution in [3.05, 3.63) is 29.8 Å². The van der Waals surface area contributed by atoms with E-state index in [2.05, 4.69) is 15.9 Å². The molecule has 0 fully saturated rings. The number of hydrogen-bond donors (Lipinski definition) is 3. The topological polar surface area (TPSA) is 81.4 Å². The van der Waals surface area contributed by atoms with Gasteiger partial charge in [0.2, 0.25) is 0 Å². The average Bonchev–Trinajstić information content (AvgIpc) is 2.16. The number of aliphatic carboxylic acids is 1. The van der Waals surface area contributed by atoms with E-state index in [0.29, 0.717) is 0 Å². The number of rotatable bonds is 3. The number of para-hydroxylation sites is 1. The molecule has 0 radical (unpaired) electrons. The Morgan fingerprint density at radius 2 is 2.00 bits per heavy atom. The zero-order valence-electron chi connectivity index (χ0n) is 7.07. The Morgan fingerprint density at radius 3 is 2.50 bits per heavy atom. The lowest BCUT2D eigenvalue weighted by Gasteiger charge is -2.08. The third kappa shape index (κ3) is 2.11. The van der Waals surface area contributed by atoms with Crippen LogP contribution in [0.4, 0.5) is 0 Å². The maximum atomic E-state index is 10.6. The number of aromatic hydroxyl groups is 1. The van der Waals surface area contributed by atoms with Gasteiger partial charge in [-0.05, 0) is 12.1 Å². The normalized spacial score (nSPS) is 12.1. The first kappa shape index (κ1) is 10.7. The van der Waals surface area contributed by atoms with Crippen LogP contribution >= 0.6 is 15.9 Å². The van der Waals surface area contributed by atoms with Crippen LogP contribution in [-0.4, -0.2) is 26.7 Å². The van der Waals surface area contributed by atoms with E-state index in [9.17, 15) is 9.90 Å². The quantitative estimate of drug-likeness (QED) is 0.569. The summed E-state index contributed by atoms with van der Waals surface area (Å²) in [5.41, 5.74) is 0.0485. The van der Waals surface area contributed by atoms with Crippen LogP contribution in [0.3, 0.4) is 0 Å². The molecule has 1 atom stereocenters. The Labute approximate surface area is 88.8 Å². The van der Waals surface area contributed by atoms with Gasteiger partial charge in [0.25, 0.3) is 0 Å². The molecule has 4 nitrogen and oxygen atoms in total. The van der Waals surface area contributed by atoms with Crippen LogP contribution in [0.15, 0.2) is 24.3 Å². The molecule has 1 aromatic carbocycles. The predicted molar refractivity (Wildman–Crippen MR) is 55.3 cm³/mol. The van der Waals surface area contributed by atoms with Gasteiger partial charge >= 0.3 is 5.97 Å². The van der Waals surface area contributed by atoms with Crippen LogP contribution in [0.5, 0.6) is 5.75 Å². The van der Waals surface area contributed by atoms with Crippen LogP contribution in [-0.2, 0) is 4.79 Å². The van der Waals surface area contributed by atoms with Crippen molar-refractivity contribution in [1.29, 1.82) is 5.41 Å². The monoisotopic (exact) mass is 257 g/mol. The van der Waals surface area contributed by atoms with E-state index < -0.39 is 10.8 Å². The number of phenols is 1. The van der Waals surface area contributed by atoms with Crippen molar-refractivity contribution in [1.82, 2.24) is 0 Å². The summed E-state index contributed by atoms with van der Waals surface area (Å²) in [6.45, 7) is 0. The van der Waals surface area contributed by atoms with Crippen molar-refractivity contribution in [3.8, 4) is 5.75 Å². The van der Waals surface area contributed by atoms with Gasteiger partial charge in [0.05, 0.1) is 5.71 Å². The maximum Gasteiger partial charge on any atom is 0.323 e. The lowest BCUT2D eigenvalue weighted by atomic mass is 10.1. The summed E-state index contributed by atoms with van der Waals surface area (Å²) >= 11 is 2.84. The van der Waals surface area contributed by atoms with Crippen molar-refractivity contribution < 1.29 is 15.0 Å². The van der Waals surface area contributed by atoms with Crippen molar-refractivity contribution in [2.45, 2.75) is 4.83 Å². The minimum Gasteiger partial charge on any atom is -0.507 e. The number of nitrogens with one attached hydrogen (secondary N) is 1. The SMILES string of the molecule is N=C(c1ccccc1O)C(Br)C(=O)O. The van der Waals surface area contributed by atoms with Gasteiger partial charge in [0.1, 0.15) is 5.75 Å². The summed E-state index contributed by atoms with van der Waals surface area (Å²) in [4.78, 5) is 9.45. The molecule has 0 aliphatic rings. The van der Waals surface area contributed by atoms with Gasteiger partial charge < -0.3 is 15.6 Å². The molecule has 0 amide bonds. The van der Waals surface area contributed by atoms with Gasteiger partial charge in [-0.25, -0.2) is 0 Å². The molecule has 0 aliphatic heterocycles. The summed E-state index contributed by atoms with van der Waals surface area (Å²) in [5.74, 6) is -1.25. The molecule has 0 bridgehead atoms. The fraction of sp³-hybridized carbons (Fsp3) is 0.111. The minimum atomic E-state index is -1.15. The van der Waals surface area contributed by atoms with Crippen molar-refractivity contribution >= 4 is 27.6 Å². The first-order valence-electron chi connectivity index (χ1n) is 3.77. The molecular weight excluding hydrogens is 250 g/mol. The summed E-state index contributed by atoms with van der Waals surface area (Å²) in [7, 11) is 0. The standard InChI is InChI=1S/C9H8BrNO3/c10-7(9(13)14)8(11)5-3-1-2-4-6(5)12/h1-4,7,11-12H,(H,13,14). The van der Waals surface area contributed by atoms with E-state index >= 15 is 0 Å². The smallest absolute Gasteiger partial charge is 0.323 e. The van der Waals surface area contributed by atoms with E-state index in [1.165, 1.54) is 12.1 Å². The number of carboxylic acids is 1. The summed E-state index contributed by atoms with van der Waals surface area (Å²) < 4.78 is 0. The van der Waals surface area contributed by atoms with Gasteiger partial charge in [-0.2, -0.15) is 0 Å². The van der Waals surface area contributed by atoms with Gasteiger partial charge in [-0.1, -0.05) is 28.1 Å². The second kappa shape index (κ2) is 4.23. The number of alkyl halides is 1. The number of hydrogen-bond acceptors (Lipinski definition) is 3. The Morgan fingerprint density at radius 1 is 1.43 bits per heavy atom. The van der Waals surface area contributed by atoms with E-state index in [1.54, 1.807) is 12.1 Å². The van der Waals surface area contributed by atoms with Gasteiger partial charge in [-0.15, -0.1) is 0 Å². The maximum absolute atomic E-state index is 10.6. The van der Waals surface area contributed by atoms with Crippen LogP contribution in [0.25, 0.3) is 0 Å². The highest BCUT2D eigenvalue weighted by Gasteiger charge is 2.21. The summed E-state index contributed by atoms with van der Waals surface area (Å²) in [6, 6.07) is 6.14. The van der Waals surface area contributed by atoms with Gasteiger partial charge in [0.15, 0.2) is 4.83 Å². The Balaban J connectivity index is 3.01. The van der Waals surface area contributed by atoms with Crippen LogP contribution < -0.4 is 0 Å². The molecule has 0 saturated heterocycles. The molecule has 74 valence electrons. The van der Waals surface area contributed by atoms with E-state index in [4.69, 9.17) is 10.5 Å². The summed E-state index contributed by atoms with van der Waals surface area (Å²) in [5, 5.41) is 25.5. The van der Waals surface area contributed by atoms with Crippen molar-refractivity contribution in [2.75, 3.05) is 0 Å². The zero-order chi connectivity index (χ0) is 10.7. The first-order valence-corrected chi connectivity index (χ1v) is 4.69. The lowest BCUT2D eigenvalue weighted by molar-refractivity contribution is -0.134. The Hall–Kier alpha value is -1.36. The number of phenolic OH excluding ortho intramolecular Hbond substituents is 1. The molecule has 5 heteroatoms. The molecule has 0 heterocycles. The number of carboxylic acid groups (broad SMARTS) is 1. The van der Waals surface area contributed by atoms with Gasteiger partial charge in [0, 0.05) is 5.56 Å². The molecule has 14 heavy (non-hydrogen) atoms. The molecule has 1 unspecified atom stereocenters. The highest BCUT2D eigenvalue weighted by atomic mass is 79.9. The molecule has 1 rings (SSSR count). The van der Waals surface area contributed by atoms with E-state index in [0.717, 1.165) is 0 Å². The second-order valence-electron chi connectivity index (χ2n) is 2.63. The molecule has 0 spiro atoms. The van der Waals surface area contributed by atoms with E-state index in [-0.39, 0.29) is 17.0 Å². The third-order valence-electron chi connectivity index (χ3n) is 1.66. The lowest BCUT2D eigenvalue weighted by Crippen LogP contribution is -2.23. The zero-order valence-corrected chi connectivity index (χ0v) is 8.65. The second-order valence-corrected chi connectivity index (χ2v) is 3.55. The molecule has 0 saturated carbocycles. The Bertz CT molecular complexity index is 378. The number of benzene rings is 1. The third-order valence-corrected chi connectivity index (χ3v) is 2.51. The molecule has 3 N–H and O–H groups in total. The number of halogens is 1. The highest BCUT2D eigenvalue weighted by Crippen LogP contribution is 2.19. The largest absolute Gasteiger partial charge is 0.507 e. The van der Waals surface area contributed by atoms with Gasteiger partial charge in [-0.3, -0.25) is 4.79 Å². The average molecular weight is 258 g/mol. The fourth-order valence-electron chi connectivity index (χ4n) is 0.961. The molecule has 0 aromatic heterocycles. The number of carbonyl (C=O) groups is 1.